The molecule has 3 aromatic rings. The van der Waals surface area contributed by atoms with Gasteiger partial charge in [0.2, 0.25) is 0 Å². The van der Waals surface area contributed by atoms with Crippen molar-refractivity contribution < 1.29 is 4.79 Å². The molecule has 130 valence electrons. The van der Waals surface area contributed by atoms with E-state index < -0.39 is 0 Å². The summed E-state index contributed by atoms with van der Waals surface area (Å²) in [6.45, 7) is 6.74. The number of amides is 1. The van der Waals surface area contributed by atoms with Crippen molar-refractivity contribution in [3.05, 3.63) is 59.7 Å². The second-order valence-corrected chi connectivity index (χ2v) is 7.06. The number of nitrogens with zero attached hydrogens (tertiary/aromatic N) is 5. The van der Waals surface area contributed by atoms with Crippen LogP contribution in [0.2, 0.25) is 0 Å². The third kappa shape index (κ3) is 3.60. The smallest absolute Gasteiger partial charge is 0.274 e. The number of H-pyrrole nitrogens is 1. The third-order valence-electron chi connectivity index (χ3n) is 3.92. The van der Waals surface area contributed by atoms with Crippen LogP contribution in [-0.4, -0.2) is 43.0 Å². The van der Waals surface area contributed by atoms with Crippen LogP contribution in [0.5, 0.6) is 0 Å². The predicted molar refractivity (Wildman–Crippen MR) is 94.4 cm³/mol. The van der Waals surface area contributed by atoms with Gasteiger partial charge in [-0.25, -0.2) is 4.68 Å². The first-order chi connectivity index (χ1) is 11.9. The fourth-order valence-electron chi connectivity index (χ4n) is 2.49. The number of hydrogen-bond acceptors (Lipinski definition) is 4. The Bertz CT molecular complexity index is 859. The lowest BCUT2D eigenvalue weighted by molar-refractivity contribution is 0.0774. The largest absolute Gasteiger partial charge is 0.334 e. The van der Waals surface area contributed by atoms with Crippen LogP contribution in [0.15, 0.2) is 42.6 Å². The molecule has 0 bridgehead atoms. The van der Waals surface area contributed by atoms with Crippen molar-refractivity contribution in [1.29, 1.82) is 0 Å². The first-order valence-corrected chi connectivity index (χ1v) is 8.12. The summed E-state index contributed by atoms with van der Waals surface area (Å²) < 4.78 is 1.55. The summed E-state index contributed by atoms with van der Waals surface area (Å²) in [5, 5.41) is 15.3. The van der Waals surface area contributed by atoms with Crippen LogP contribution in [-0.2, 0) is 12.0 Å². The average Bonchev–Trinajstić information content (AvgIpc) is 3.23. The highest BCUT2D eigenvalue weighted by Crippen LogP contribution is 2.21. The standard InChI is InChI=1S/C18H22N6O/c1-18(2,3)16-10-13(20-21-16)12-23(4)17(25)15-11-19-22-24(15)14-8-6-5-7-9-14/h5-11H,12H2,1-4H3,(H,20,21). The van der Waals surface area contributed by atoms with Crippen molar-refractivity contribution >= 4 is 5.91 Å². The Morgan fingerprint density at radius 1 is 1.24 bits per heavy atom. The number of para-hydroxylation sites is 1. The van der Waals surface area contributed by atoms with Gasteiger partial charge < -0.3 is 4.90 Å². The molecule has 1 aromatic carbocycles. The summed E-state index contributed by atoms with van der Waals surface area (Å²) in [7, 11) is 1.75. The molecule has 0 radical (unpaired) electrons. The summed E-state index contributed by atoms with van der Waals surface area (Å²) >= 11 is 0. The molecule has 7 heteroatoms. The maximum Gasteiger partial charge on any atom is 0.274 e. The number of carbonyl (C=O) groups is 1. The number of hydrogen-bond donors (Lipinski definition) is 1. The fraction of sp³-hybridized carbons (Fsp3) is 0.333. The van der Waals surface area contributed by atoms with Crippen LogP contribution in [0.3, 0.4) is 0 Å². The highest BCUT2D eigenvalue weighted by atomic mass is 16.2. The van der Waals surface area contributed by atoms with E-state index in [4.69, 9.17) is 0 Å². The van der Waals surface area contributed by atoms with E-state index in [0.717, 1.165) is 17.1 Å². The SMILES string of the molecule is CN(Cc1cc(C(C)(C)C)n[nH]1)C(=O)c1cnnn1-c1ccccc1. The molecule has 7 nitrogen and oxygen atoms in total. The van der Waals surface area contributed by atoms with Crippen LogP contribution < -0.4 is 0 Å². The van der Waals surface area contributed by atoms with Crippen LogP contribution in [0, 0.1) is 0 Å². The molecule has 0 atom stereocenters. The molecule has 1 N–H and O–H groups in total. The lowest BCUT2D eigenvalue weighted by Crippen LogP contribution is -2.28. The molecule has 25 heavy (non-hydrogen) atoms. The number of rotatable bonds is 4. The average molecular weight is 338 g/mol. The summed E-state index contributed by atoms with van der Waals surface area (Å²) in [6.07, 6.45) is 1.49. The summed E-state index contributed by atoms with van der Waals surface area (Å²) in [6, 6.07) is 11.5. The van der Waals surface area contributed by atoms with Gasteiger partial charge in [-0.3, -0.25) is 9.89 Å². The van der Waals surface area contributed by atoms with Gasteiger partial charge in [0.1, 0.15) is 0 Å². The normalized spacial score (nSPS) is 11.5. The van der Waals surface area contributed by atoms with Gasteiger partial charge in [-0.1, -0.05) is 44.2 Å². The van der Waals surface area contributed by atoms with Gasteiger partial charge >= 0.3 is 0 Å². The van der Waals surface area contributed by atoms with E-state index in [0.29, 0.717) is 12.2 Å². The second-order valence-electron chi connectivity index (χ2n) is 7.06. The maximum absolute atomic E-state index is 12.8. The number of benzene rings is 1. The zero-order valence-electron chi connectivity index (χ0n) is 14.9. The van der Waals surface area contributed by atoms with Crippen molar-refractivity contribution in [3.8, 4) is 5.69 Å². The number of aromatic nitrogens is 5. The van der Waals surface area contributed by atoms with Gasteiger partial charge in [0.25, 0.3) is 5.91 Å². The Hall–Kier alpha value is -2.96. The van der Waals surface area contributed by atoms with Gasteiger partial charge in [-0.15, -0.1) is 5.10 Å². The highest BCUT2D eigenvalue weighted by Gasteiger charge is 2.21. The molecule has 0 aliphatic rings. The lowest BCUT2D eigenvalue weighted by atomic mass is 9.92. The minimum atomic E-state index is -0.152. The van der Waals surface area contributed by atoms with E-state index >= 15 is 0 Å². The highest BCUT2D eigenvalue weighted by molar-refractivity contribution is 5.92. The first kappa shape index (κ1) is 16.9. The van der Waals surface area contributed by atoms with Crippen molar-refractivity contribution in [2.75, 3.05) is 7.05 Å². The molecule has 0 saturated carbocycles. The van der Waals surface area contributed by atoms with Crippen molar-refractivity contribution in [2.24, 2.45) is 0 Å². The zero-order valence-corrected chi connectivity index (χ0v) is 14.9. The van der Waals surface area contributed by atoms with Crippen LogP contribution in [0.4, 0.5) is 0 Å². The van der Waals surface area contributed by atoms with Gasteiger partial charge in [0, 0.05) is 12.5 Å². The van der Waals surface area contributed by atoms with E-state index in [1.807, 2.05) is 36.4 Å². The molecule has 0 spiro atoms. The van der Waals surface area contributed by atoms with E-state index in [1.165, 1.54) is 6.20 Å². The fourth-order valence-corrected chi connectivity index (χ4v) is 2.49. The summed E-state index contributed by atoms with van der Waals surface area (Å²) in [5.74, 6) is -0.152. The summed E-state index contributed by atoms with van der Waals surface area (Å²) in [5.41, 5.74) is 3.05. The topological polar surface area (TPSA) is 79.7 Å². The van der Waals surface area contributed by atoms with Gasteiger partial charge in [0.15, 0.2) is 5.69 Å². The molecule has 3 rings (SSSR count). The second kappa shape index (κ2) is 6.51. The Kier molecular flexibility index (Phi) is 4.39. The van der Waals surface area contributed by atoms with Crippen molar-refractivity contribution in [3.63, 3.8) is 0 Å². The van der Waals surface area contributed by atoms with Crippen LogP contribution >= 0.6 is 0 Å². The Balaban J connectivity index is 1.78. The Labute approximate surface area is 146 Å². The predicted octanol–water partition coefficient (Wildman–Crippen LogP) is 2.56. The molecular formula is C18H22N6O. The number of nitrogens with one attached hydrogen (secondary N) is 1. The number of aromatic amines is 1. The Morgan fingerprint density at radius 2 is 1.96 bits per heavy atom. The molecule has 0 unspecified atom stereocenters. The van der Waals surface area contributed by atoms with Gasteiger partial charge in [-0.05, 0) is 18.2 Å². The lowest BCUT2D eigenvalue weighted by Gasteiger charge is -2.16. The summed E-state index contributed by atoms with van der Waals surface area (Å²) in [4.78, 5) is 14.4. The molecule has 0 fully saturated rings. The number of carbonyl (C=O) groups excluding carboxylic acids is 1. The molecule has 0 saturated heterocycles. The van der Waals surface area contributed by atoms with Crippen LogP contribution in [0.25, 0.3) is 5.69 Å². The van der Waals surface area contributed by atoms with E-state index in [1.54, 1.807) is 16.6 Å². The molecule has 2 aromatic heterocycles. The minimum Gasteiger partial charge on any atom is -0.334 e. The third-order valence-corrected chi connectivity index (χ3v) is 3.92. The molecule has 2 heterocycles. The van der Waals surface area contributed by atoms with E-state index in [9.17, 15) is 4.79 Å². The van der Waals surface area contributed by atoms with Gasteiger partial charge in [0.05, 0.1) is 29.8 Å². The quantitative estimate of drug-likeness (QED) is 0.793. The van der Waals surface area contributed by atoms with Gasteiger partial charge in [-0.2, -0.15) is 5.10 Å². The molecular weight excluding hydrogens is 316 g/mol. The van der Waals surface area contributed by atoms with E-state index in [2.05, 4.69) is 41.3 Å². The van der Waals surface area contributed by atoms with E-state index in [-0.39, 0.29) is 11.3 Å². The monoisotopic (exact) mass is 338 g/mol. The first-order valence-electron chi connectivity index (χ1n) is 8.12. The Morgan fingerprint density at radius 3 is 2.60 bits per heavy atom. The maximum atomic E-state index is 12.8. The van der Waals surface area contributed by atoms with Crippen LogP contribution in [0.1, 0.15) is 42.6 Å². The van der Waals surface area contributed by atoms with Crippen molar-refractivity contribution in [2.45, 2.75) is 32.7 Å². The molecule has 1 amide bonds. The zero-order chi connectivity index (χ0) is 18.0. The minimum absolute atomic E-state index is 0.0345. The van der Waals surface area contributed by atoms with Crippen molar-refractivity contribution in [1.82, 2.24) is 30.1 Å². The molecule has 0 aliphatic carbocycles. The molecule has 0 aliphatic heterocycles.